The van der Waals surface area contributed by atoms with Gasteiger partial charge in [0.1, 0.15) is 0 Å². The summed E-state index contributed by atoms with van der Waals surface area (Å²) in [5.41, 5.74) is 0. The van der Waals surface area contributed by atoms with E-state index in [2.05, 4.69) is 54.2 Å². The average Bonchev–Trinajstić information content (AvgIpc) is 2.56. The van der Waals surface area contributed by atoms with Crippen molar-refractivity contribution in [2.75, 3.05) is 63.9 Å². The minimum atomic E-state index is 0.968. The number of nitrogens with zero attached hydrogens (tertiary/aromatic N) is 2. The molecule has 0 unspecified atom stereocenters. The number of hydrogen-bond acceptors (Lipinski definition) is 5. The van der Waals surface area contributed by atoms with E-state index in [1.54, 1.807) is 0 Å². The van der Waals surface area contributed by atoms with E-state index >= 15 is 0 Å². The third-order valence-electron chi connectivity index (χ3n) is 4.14. The lowest BCUT2D eigenvalue weighted by Crippen LogP contribution is -2.32. The second-order valence-electron chi connectivity index (χ2n) is 6.29. The van der Waals surface area contributed by atoms with Gasteiger partial charge in [-0.25, -0.2) is 0 Å². The third-order valence-corrected chi connectivity index (χ3v) is 4.54. The highest BCUT2D eigenvalue weighted by molar-refractivity contribution is 7.80. The molecule has 0 heterocycles. The molecule has 0 spiro atoms. The number of rotatable bonds is 18. The van der Waals surface area contributed by atoms with Crippen LogP contribution in [0.4, 0.5) is 0 Å². The van der Waals surface area contributed by atoms with Crippen LogP contribution in [-0.4, -0.2) is 73.7 Å². The highest BCUT2D eigenvalue weighted by Gasteiger charge is 2.04. The van der Waals surface area contributed by atoms with Gasteiger partial charge in [0.2, 0.25) is 0 Å². The van der Waals surface area contributed by atoms with Crippen molar-refractivity contribution in [1.29, 1.82) is 0 Å². The summed E-state index contributed by atoms with van der Waals surface area (Å²) in [4.78, 5) is 5.11. The summed E-state index contributed by atoms with van der Waals surface area (Å²) >= 11 is 8.73. The Morgan fingerprint density at radius 2 is 1.00 bits per heavy atom. The van der Waals surface area contributed by atoms with Crippen molar-refractivity contribution in [2.45, 2.75) is 52.4 Å². The number of hydrogen-bond donors (Lipinski definition) is 3. The van der Waals surface area contributed by atoms with Gasteiger partial charge in [-0.1, -0.05) is 26.7 Å². The van der Waals surface area contributed by atoms with Crippen LogP contribution in [-0.2, 0) is 0 Å². The molecule has 3 nitrogen and oxygen atoms in total. The van der Waals surface area contributed by atoms with Crippen LogP contribution >= 0.6 is 25.3 Å². The third kappa shape index (κ3) is 15.8. The van der Waals surface area contributed by atoms with E-state index < -0.39 is 0 Å². The van der Waals surface area contributed by atoms with E-state index in [0.717, 1.165) is 37.7 Å². The molecule has 0 bridgehead atoms. The summed E-state index contributed by atoms with van der Waals surface area (Å²) in [6, 6.07) is 0. The topological polar surface area (TPSA) is 18.5 Å². The van der Waals surface area contributed by atoms with E-state index in [1.807, 2.05) is 0 Å². The molecule has 0 saturated carbocycles. The number of unbranched alkanes of at least 4 members (excludes halogenated alkanes) is 2. The van der Waals surface area contributed by atoms with Crippen molar-refractivity contribution >= 4 is 25.3 Å². The van der Waals surface area contributed by atoms with E-state index in [9.17, 15) is 0 Å². The molecule has 0 aromatic heterocycles. The number of thiol groups is 2. The quantitative estimate of drug-likeness (QED) is 0.256. The van der Waals surface area contributed by atoms with Gasteiger partial charge in [-0.2, -0.15) is 25.3 Å². The van der Waals surface area contributed by atoms with Crippen LogP contribution in [0.1, 0.15) is 52.4 Å². The first kappa shape index (κ1) is 23.6. The second kappa shape index (κ2) is 18.9. The molecule has 5 heteroatoms. The number of nitrogens with one attached hydrogen (secondary N) is 1. The normalized spacial score (nSPS) is 11.7. The molecule has 0 aromatic rings. The van der Waals surface area contributed by atoms with Crippen LogP contribution in [0.15, 0.2) is 0 Å². The minimum absolute atomic E-state index is 0.968. The summed E-state index contributed by atoms with van der Waals surface area (Å²) in [6.45, 7) is 13.9. The molecule has 0 amide bonds. The van der Waals surface area contributed by atoms with Crippen molar-refractivity contribution < 1.29 is 0 Å². The fourth-order valence-electron chi connectivity index (χ4n) is 2.70. The molecule has 0 atom stereocenters. The molecule has 0 rings (SSSR count). The highest BCUT2D eigenvalue weighted by atomic mass is 32.1. The smallest absolute Gasteiger partial charge is 0.00698 e. The SMILES string of the molecule is CCCCN(CCS)CCCNCCCN(CCS)CCCC. The first-order valence-electron chi connectivity index (χ1n) is 9.65. The van der Waals surface area contributed by atoms with Crippen molar-refractivity contribution in [3.8, 4) is 0 Å². The summed E-state index contributed by atoms with van der Waals surface area (Å²) in [6.07, 6.45) is 7.66. The first-order chi connectivity index (χ1) is 11.3. The zero-order valence-corrected chi connectivity index (χ0v) is 17.4. The molecular weight excluding hydrogens is 322 g/mol. The average molecular weight is 364 g/mol. The Balaban J connectivity index is 3.58. The Hall–Kier alpha value is 0.580. The van der Waals surface area contributed by atoms with Gasteiger partial charge in [-0.3, -0.25) is 0 Å². The Morgan fingerprint density at radius 1 is 0.609 bits per heavy atom. The summed E-state index contributed by atoms with van der Waals surface area (Å²) < 4.78 is 0. The van der Waals surface area contributed by atoms with Crippen molar-refractivity contribution in [1.82, 2.24) is 15.1 Å². The molecule has 0 aliphatic rings. The lowest BCUT2D eigenvalue weighted by atomic mass is 10.3. The minimum Gasteiger partial charge on any atom is -0.317 e. The first-order valence-corrected chi connectivity index (χ1v) is 10.9. The Kier molecular flexibility index (Phi) is 19.4. The van der Waals surface area contributed by atoms with Gasteiger partial charge in [0.05, 0.1) is 0 Å². The predicted molar refractivity (Wildman–Crippen MR) is 113 cm³/mol. The van der Waals surface area contributed by atoms with E-state index in [0.29, 0.717) is 0 Å². The maximum absolute atomic E-state index is 4.37. The molecule has 1 N–H and O–H groups in total. The molecule has 0 radical (unpaired) electrons. The zero-order valence-electron chi connectivity index (χ0n) is 15.6. The molecule has 0 fully saturated rings. The zero-order chi connectivity index (χ0) is 17.2. The Bertz CT molecular complexity index is 208. The molecule has 0 saturated heterocycles. The molecule has 0 aliphatic carbocycles. The maximum atomic E-state index is 4.37. The molecule has 140 valence electrons. The van der Waals surface area contributed by atoms with Crippen LogP contribution < -0.4 is 5.32 Å². The van der Waals surface area contributed by atoms with Crippen LogP contribution in [0.3, 0.4) is 0 Å². The van der Waals surface area contributed by atoms with Gasteiger partial charge in [-0.15, -0.1) is 0 Å². The summed E-state index contributed by atoms with van der Waals surface area (Å²) in [7, 11) is 0. The van der Waals surface area contributed by atoms with Gasteiger partial charge >= 0.3 is 0 Å². The lowest BCUT2D eigenvalue weighted by molar-refractivity contribution is 0.274. The standard InChI is InChI=1S/C18H41N3S2/c1-3-5-11-20(15-17-22)13-7-9-19-10-8-14-21(16-18-23)12-6-4-2/h19,22-23H,3-18H2,1-2H3. The van der Waals surface area contributed by atoms with Gasteiger partial charge in [0, 0.05) is 24.6 Å². The van der Waals surface area contributed by atoms with Crippen LogP contribution in [0.2, 0.25) is 0 Å². The van der Waals surface area contributed by atoms with Crippen LogP contribution in [0.25, 0.3) is 0 Å². The van der Waals surface area contributed by atoms with E-state index in [4.69, 9.17) is 0 Å². The fraction of sp³-hybridized carbons (Fsp3) is 1.00. The van der Waals surface area contributed by atoms with Gasteiger partial charge in [0.25, 0.3) is 0 Å². The molecular formula is C18H41N3S2. The Labute approximate surface area is 156 Å². The van der Waals surface area contributed by atoms with Crippen molar-refractivity contribution in [3.63, 3.8) is 0 Å². The van der Waals surface area contributed by atoms with Gasteiger partial charge < -0.3 is 15.1 Å². The van der Waals surface area contributed by atoms with Crippen molar-refractivity contribution in [3.05, 3.63) is 0 Å². The highest BCUT2D eigenvalue weighted by Crippen LogP contribution is 1.99. The second-order valence-corrected chi connectivity index (χ2v) is 7.19. The monoisotopic (exact) mass is 363 g/mol. The van der Waals surface area contributed by atoms with Crippen LogP contribution in [0, 0.1) is 0 Å². The van der Waals surface area contributed by atoms with Crippen molar-refractivity contribution in [2.24, 2.45) is 0 Å². The molecule has 0 aliphatic heterocycles. The van der Waals surface area contributed by atoms with Gasteiger partial charge in [-0.05, 0) is 65.0 Å². The lowest BCUT2D eigenvalue weighted by Gasteiger charge is -2.22. The largest absolute Gasteiger partial charge is 0.317 e. The van der Waals surface area contributed by atoms with Gasteiger partial charge in [0.15, 0.2) is 0 Å². The Morgan fingerprint density at radius 3 is 1.35 bits per heavy atom. The molecule has 0 aromatic carbocycles. The van der Waals surface area contributed by atoms with Crippen LogP contribution in [0.5, 0.6) is 0 Å². The van der Waals surface area contributed by atoms with E-state index in [-0.39, 0.29) is 0 Å². The molecule has 23 heavy (non-hydrogen) atoms. The maximum Gasteiger partial charge on any atom is 0.00698 e. The fourth-order valence-corrected chi connectivity index (χ4v) is 3.26. The summed E-state index contributed by atoms with van der Waals surface area (Å²) in [5.74, 6) is 1.94. The van der Waals surface area contributed by atoms with E-state index in [1.165, 1.54) is 64.7 Å². The summed E-state index contributed by atoms with van der Waals surface area (Å²) in [5, 5.41) is 3.60. The predicted octanol–water partition coefficient (Wildman–Crippen LogP) is 3.42.